The van der Waals surface area contributed by atoms with Gasteiger partial charge in [-0.15, -0.1) is 0 Å². The maximum Gasteiger partial charge on any atom is 0.282 e. The summed E-state index contributed by atoms with van der Waals surface area (Å²) < 4.78 is 10.1. The lowest BCUT2D eigenvalue weighted by Crippen LogP contribution is -2.31. The number of aryl methyl sites for hydroxylation is 1. The molecule has 1 fully saturated rings. The lowest BCUT2D eigenvalue weighted by molar-refractivity contribution is 0.0281. The molecule has 0 bridgehead atoms. The highest BCUT2D eigenvalue weighted by molar-refractivity contribution is 5.97. The van der Waals surface area contributed by atoms with Crippen molar-refractivity contribution in [1.29, 1.82) is 0 Å². The molecule has 31 heavy (non-hydrogen) atoms. The van der Waals surface area contributed by atoms with E-state index in [-0.39, 0.29) is 17.9 Å². The molecule has 3 rings (SSSR count). The van der Waals surface area contributed by atoms with Gasteiger partial charge in [0.15, 0.2) is 5.49 Å². The fourth-order valence-corrected chi connectivity index (χ4v) is 3.86. The Bertz CT molecular complexity index is 1010. The molecule has 0 radical (unpaired) electrons. The number of amides is 1. The van der Waals surface area contributed by atoms with E-state index in [1.165, 1.54) is 19.3 Å². The molecule has 0 unspecified atom stereocenters. The van der Waals surface area contributed by atoms with E-state index in [0.717, 1.165) is 17.8 Å². The van der Waals surface area contributed by atoms with Crippen LogP contribution in [0, 0.1) is 12.8 Å². The van der Waals surface area contributed by atoms with Crippen LogP contribution in [-0.4, -0.2) is 32.6 Å². The second kappa shape index (κ2) is 8.65. The minimum atomic E-state index is -0.991. The first-order chi connectivity index (χ1) is 14.3. The average Bonchev–Trinajstić information content (AvgIpc) is 2.92. The van der Waals surface area contributed by atoms with Crippen LogP contribution in [0.4, 0.5) is 0 Å². The fraction of sp³-hybridized carbons (Fsp3) is 0.600. The summed E-state index contributed by atoms with van der Waals surface area (Å²) in [6, 6.07) is 7.50. The SMILES string of the molecule is Cc1ccc(OCC(C)(C)O)c(C(=O)/N=c2\cc(C(C)(C)C)n(C)n2CC2CCC2)c1. The highest BCUT2D eigenvalue weighted by Gasteiger charge is 2.24. The Morgan fingerprint density at radius 2 is 1.87 bits per heavy atom. The van der Waals surface area contributed by atoms with Crippen LogP contribution in [0.2, 0.25) is 0 Å². The second-order valence-electron chi connectivity index (χ2n) is 10.6. The fourth-order valence-electron chi connectivity index (χ4n) is 3.86. The van der Waals surface area contributed by atoms with Gasteiger partial charge in [-0.05, 0) is 51.7 Å². The predicted octanol–water partition coefficient (Wildman–Crippen LogP) is 4.12. The molecule has 0 atom stereocenters. The second-order valence-corrected chi connectivity index (χ2v) is 10.6. The summed E-state index contributed by atoms with van der Waals surface area (Å²) in [6.45, 7) is 12.8. The highest BCUT2D eigenvalue weighted by Crippen LogP contribution is 2.28. The topological polar surface area (TPSA) is 68.8 Å². The van der Waals surface area contributed by atoms with E-state index >= 15 is 0 Å². The first-order valence-electron chi connectivity index (χ1n) is 11.2. The highest BCUT2D eigenvalue weighted by atomic mass is 16.5. The van der Waals surface area contributed by atoms with Gasteiger partial charge in [-0.2, -0.15) is 4.99 Å². The minimum Gasteiger partial charge on any atom is -0.490 e. The summed E-state index contributed by atoms with van der Waals surface area (Å²) in [6.07, 6.45) is 3.73. The van der Waals surface area contributed by atoms with Crippen molar-refractivity contribution in [3.05, 3.63) is 46.6 Å². The number of rotatable bonds is 6. The Morgan fingerprint density at radius 1 is 1.19 bits per heavy atom. The van der Waals surface area contributed by atoms with E-state index in [2.05, 4.69) is 35.1 Å². The Morgan fingerprint density at radius 3 is 2.42 bits per heavy atom. The standard InChI is InChI=1S/C25H37N3O3/c1-17-11-12-20(31-16-25(5,6)30)19(13-17)23(29)26-22-14-21(24(2,3)4)27(7)28(22)15-18-9-8-10-18/h11-14,18,30H,8-10,15-16H2,1-7H3/b26-22+. The van der Waals surface area contributed by atoms with Crippen molar-refractivity contribution in [3.63, 3.8) is 0 Å². The van der Waals surface area contributed by atoms with E-state index in [4.69, 9.17) is 4.74 Å². The van der Waals surface area contributed by atoms with Crippen LogP contribution in [0.1, 0.15) is 75.5 Å². The van der Waals surface area contributed by atoms with Crippen LogP contribution < -0.4 is 10.2 Å². The predicted molar refractivity (Wildman–Crippen MR) is 122 cm³/mol. The van der Waals surface area contributed by atoms with Crippen LogP contribution in [-0.2, 0) is 19.0 Å². The van der Waals surface area contributed by atoms with Crippen molar-refractivity contribution in [2.24, 2.45) is 18.0 Å². The number of carbonyl (C=O) groups is 1. The maximum atomic E-state index is 13.3. The molecule has 1 N–H and O–H groups in total. The van der Waals surface area contributed by atoms with Gasteiger partial charge in [0.05, 0.1) is 11.2 Å². The Hall–Kier alpha value is -2.34. The van der Waals surface area contributed by atoms with Gasteiger partial charge in [0.1, 0.15) is 12.4 Å². The first-order valence-corrected chi connectivity index (χ1v) is 11.2. The van der Waals surface area contributed by atoms with E-state index in [1.807, 2.05) is 26.1 Å². The van der Waals surface area contributed by atoms with Gasteiger partial charge in [0.25, 0.3) is 5.91 Å². The smallest absolute Gasteiger partial charge is 0.282 e. The molecule has 6 nitrogen and oxygen atoms in total. The van der Waals surface area contributed by atoms with Crippen LogP contribution in [0.5, 0.6) is 5.75 Å². The molecule has 170 valence electrons. The molecular weight excluding hydrogens is 390 g/mol. The quantitative estimate of drug-likeness (QED) is 0.754. The number of carbonyl (C=O) groups excluding carboxylic acids is 1. The van der Waals surface area contributed by atoms with Crippen molar-refractivity contribution in [1.82, 2.24) is 9.36 Å². The van der Waals surface area contributed by atoms with E-state index in [9.17, 15) is 9.90 Å². The van der Waals surface area contributed by atoms with Crippen LogP contribution in [0.3, 0.4) is 0 Å². The Balaban J connectivity index is 2.03. The normalized spacial score (nSPS) is 15.8. The van der Waals surface area contributed by atoms with Crippen molar-refractivity contribution in [2.45, 2.75) is 78.4 Å². The van der Waals surface area contributed by atoms with Gasteiger partial charge in [-0.3, -0.25) is 14.2 Å². The monoisotopic (exact) mass is 427 g/mol. The number of aromatic nitrogens is 2. The van der Waals surface area contributed by atoms with Gasteiger partial charge in [-0.25, -0.2) is 0 Å². The number of hydrogen-bond donors (Lipinski definition) is 1. The molecule has 0 spiro atoms. The number of aliphatic hydroxyl groups is 1. The third kappa shape index (κ3) is 5.67. The zero-order valence-electron chi connectivity index (χ0n) is 20.0. The molecule has 1 heterocycles. The van der Waals surface area contributed by atoms with Crippen LogP contribution in [0.15, 0.2) is 29.3 Å². The number of hydrogen-bond acceptors (Lipinski definition) is 3. The minimum absolute atomic E-state index is 0.0583. The number of nitrogens with zero attached hydrogens (tertiary/aromatic N) is 3. The summed E-state index contributed by atoms with van der Waals surface area (Å²) in [7, 11) is 2.05. The molecule has 6 heteroatoms. The third-order valence-electron chi connectivity index (χ3n) is 5.83. The largest absolute Gasteiger partial charge is 0.490 e. The molecule has 1 aromatic heterocycles. The molecule has 0 aliphatic heterocycles. The van der Waals surface area contributed by atoms with Gasteiger partial charge in [0.2, 0.25) is 0 Å². The van der Waals surface area contributed by atoms with E-state index in [1.54, 1.807) is 26.0 Å². The number of benzene rings is 1. The molecule has 1 aromatic carbocycles. The van der Waals surface area contributed by atoms with E-state index in [0.29, 0.717) is 22.7 Å². The maximum absolute atomic E-state index is 13.3. The molecule has 1 saturated carbocycles. The van der Waals surface area contributed by atoms with Gasteiger partial charge in [-0.1, -0.05) is 38.8 Å². The van der Waals surface area contributed by atoms with Crippen LogP contribution >= 0.6 is 0 Å². The van der Waals surface area contributed by atoms with Gasteiger partial charge >= 0.3 is 0 Å². The van der Waals surface area contributed by atoms with E-state index < -0.39 is 5.60 Å². The summed E-state index contributed by atoms with van der Waals surface area (Å²) in [5, 5.41) is 10.0. The first kappa shape index (κ1) is 23.3. The van der Waals surface area contributed by atoms with Crippen molar-refractivity contribution >= 4 is 5.91 Å². The van der Waals surface area contributed by atoms with Crippen molar-refractivity contribution in [3.8, 4) is 5.75 Å². The summed E-state index contributed by atoms with van der Waals surface area (Å²) in [5.74, 6) is 0.752. The summed E-state index contributed by atoms with van der Waals surface area (Å²) in [5.41, 5.74) is 2.15. The lowest BCUT2D eigenvalue weighted by atomic mass is 9.85. The molecule has 2 aromatic rings. The van der Waals surface area contributed by atoms with Gasteiger partial charge in [0, 0.05) is 30.8 Å². The van der Waals surface area contributed by atoms with Gasteiger partial charge < -0.3 is 9.84 Å². The molecule has 1 aliphatic rings. The van der Waals surface area contributed by atoms with Crippen molar-refractivity contribution < 1.29 is 14.6 Å². The number of ether oxygens (including phenoxy) is 1. The van der Waals surface area contributed by atoms with Crippen LogP contribution in [0.25, 0.3) is 0 Å². The summed E-state index contributed by atoms with van der Waals surface area (Å²) in [4.78, 5) is 17.8. The molecule has 0 saturated heterocycles. The zero-order valence-corrected chi connectivity index (χ0v) is 20.0. The van der Waals surface area contributed by atoms with Crippen molar-refractivity contribution in [2.75, 3.05) is 6.61 Å². The third-order valence-corrected chi connectivity index (χ3v) is 5.83. The summed E-state index contributed by atoms with van der Waals surface area (Å²) >= 11 is 0. The average molecular weight is 428 g/mol. The molecule has 1 amide bonds. The Labute approximate surface area is 185 Å². The zero-order chi connectivity index (χ0) is 23.0. The lowest BCUT2D eigenvalue weighted by Gasteiger charge is -2.27. The molecular formula is C25H37N3O3. The molecule has 1 aliphatic carbocycles. The Kier molecular flexibility index (Phi) is 6.51.